The van der Waals surface area contributed by atoms with E-state index < -0.39 is 0 Å². The molecule has 0 aromatic heterocycles. The number of ether oxygens (including phenoxy) is 3. The molecule has 0 radical (unpaired) electrons. The minimum Gasteiger partial charge on any atom is -0.497 e. The quantitative estimate of drug-likeness (QED) is 0.397. The zero-order valence-corrected chi connectivity index (χ0v) is 16.4. The van der Waals surface area contributed by atoms with Gasteiger partial charge >= 0.3 is 5.97 Å². The number of hydrogen-bond acceptors (Lipinski definition) is 5. The van der Waals surface area contributed by atoms with Crippen LogP contribution in [0.2, 0.25) is 0 Å². The Hall–Kier alpha value is -3.28. The molecule has 0 atom stereocenters. The maximum Gasteiger partial charge on any atom is 0.338 e. The molecule has 0 aliphatic heterocycles. The molecule has 1 amide bonds. The van der Waals surface area contributed by atoms with Crippen molar-refractivity contribution in [1.29, 1.82) is 0 Å². The van der Waals surface area contributed by atoms with Gasteiger partial charge in [-0.2, -0.15) is 0 Å². The van der Waals surface area contributed by atoms with Gasteiger partial charge < -0.3 is 19.5 Å². The summed E-state index contributed by atoms with van der Waals surface area (Å²) >= 11 is 0. The van der Waals surface area contributed by atoms with Crippen LogP contribution in [0.1, 0.15) is 35.7 Å². The second kappa shape index (κ2) is 10.8. The van der Waals surface area contributed by atoms with Crippen LogP contribution in [0.25, 0.3) is 6.08 Å². The van der Waals surface area contributed by atoms with Crippen LogP contribution in [-0.4, -0.2) is 32.7 Å². The van der Waals surface area contributed by atoms with Gasteiger partial charge in [-0.15, -0.1) is 0 Å². The summed E-state index contributed by atoms with van der Waals surface area (Å²) in [4.78, 5) is 24.1. The first-order chi connectivity index (χ1) is 13.6. The molecule has 2 aromatic carbocycles. The van der Waals surface area contributed by atoms with Gasteiger partial charge in [-0.25, -0.2) is 4.79 Å². The number of rotatable bonds is 9. The standard InChI is InChI=1S/C22H25NO5/c1-4-5-14-28-22(25)16-6-9-18(10-7-16)23-21(24)13-8-17-15-19(26-2)11-12-20(17)27-3/h6-13,15H,4-5,14H2,1-3H3,(H,23,24)/b13-8+. The van der Waals surface area contributed by atoms with Gasteiger partial charge in [-0.05, 0) is 55.0 Å². The third-order valence-electron chi connectivity index (χ3n) is 3.97. The van der Waals surface area contributed by atoms with Crippen molar-refractivity contribution >= 4 is 23.6 Å². The van der Waals surface area contributed by atoms with Gasteiger partial charge in [0.25, 0.3) is 0 Å². The first kappa shape index (κ1) is 21.0. The first-order valence-corrected chi connectivity index (χ1v) is 9.05. The highest BCUT2D eigenvalue weighted by atomic mass is 16.5. The average molecular weight is 383 g/mol. The van der Waals surface area contributed by atoms with Crippen LogP contribution in [-0.2, 0) is 9.53 Å². The highest BCUT2D eigenvalue weighted by Crippen LogP contribution is 2.25. The molecule has 0 heterocycles. The molecule has 148 valence electrons. The van der Waals surface area contributed by atoms with Crippen molar-refractivity contribution in [3.8, 4) is 11.5 Å². The Morgan fingerprint density at radius 1 is 1.04 bits per heavy atom. The number of methoxy groups -OCH3 is 2. The lowest BCUT2D eigenvalue weighted by Crippen LogP contribution is -2.09. The van der Waals surface area contributed by atoms with Crippen LogP contribution in [0.3, 0.4) is 0 Å². The van der Waals surface area contributed by atoms with E-state index in [0.29, 0.717) is 29.4 Å². The number of amides is 1. The SMILES string of the molecule is CCCCOC(=O)c1ccc(NC(=O)/C=C/c2cc(OC)ccc2OC)cc1. The molecule has 0 aliphatic rings. The lowest BCUT2D eigenvalue weighted by atomic mass is 10.1. The third kappa shape index (κ3) is 6.16. The molecule has 6 heteroatoms. The first-order valence-electron chi connectivity index (χ1n) is 9.05. The topological polar surface area (TPSA) is 73.9 Å². The Morgan fingerprint density at radius 2 is 1.79 bits per heavy atom. The van der Waals surface area contributed by atoms with Crippen molar-refractivity contribution in [2.24, 2.45) is 0 Å². The van der Waals surface area contributed by atoms with E-state index in [4.69, 9.17) is 14.2 Å². The van der Waals surface area contributed by atoms with Crippen LogP contribution in [0.4, 0.5) is 5.69 Å². The Labute approximate surface area is 165 Å². The lowest BCUT2D eigenvalue weighted by Gasteiger charge is -2.07. The van der Waals surface area contributed by atoms with Crippen LogP contribution in [0, 0.1) is 0 Å². The minimum atomic E-state index is -0.364. The summed E-state index contributed by atoms with van der Waals surface area (Å²) < 4.78 is 15.6. The van der Waals surface area contributed by atoms with Crippen molar-refractivity contribution in [2.45, 2.75) is 19.8 Å². The average Bonchev–Trinajstić information content (AvgIpc) is 2.72. The maximum atomic E-state index is 12.2. The van der Waals surface area contributed by atoms with E-state index in [1.807, 2.05) is 6.92 Å². The second-order valence-corrected chi connectivity index (χ2v) is 6.00. The van der Waals surface area contributed by atoms with Crippen molar-refractivity contribution < 1.29 is 23.8 Å². The number of esters is 1. The number of unbranched alkanes of at least 4 members (excludes halogenated alkanes) is 1. The smallest absolute Gasteiger partial charge is 0.338 e. The molecule has 28 heavy (non-hydrogen) atoms. The normalized spacial score (nSPS) is 10.5. The van der Waals surface area contributed by atoms with E-state index in [9.17, 15) is 9.59 Å². The van der Waals surface area contributed by atoms with Crippen LogP contribution in [0.15, 0.2) is 48.5 Å². The van der Waals surface area contributed by atoms with E-state index in [0.717, 1.165) is 18.4 Å². The number of nitrogens with one attached hydrogen (secondary N) is 1. The Kier molecular flexibility index (Phi) is 8.09. The van der Waals surface area contributed by atoms with Crippen molar-refractivity contribution in [2.75, 3.05) is 26.1 Å². The van der Waals surface area contributed by atoms with E-state index in [1.165, 1.54) is 6.08 Å². The molecule has 1 N–H and O–H groups in total. The Bertz CT molecular complexity index is 827. The summed E-state index contributed by atoms with van der Waals surface area (Å²) in [5.41, 5.74) is 1.75. The monoisotopic (exact) mass is 383 g/mol. The fourth-order valence-electron chi connectivity index (χ4n) is 2.40. The zero-order chi connectivity index (χ0) is 20.4. The molecule has 0 saturated carbocycles. The Morgan fingerprint density at radius 3 is 2.43 bits per heavy atom. The number of anilines is 1. The molecule has 2 aromatic rings. The van der Waals surface area contributed by atoms with Gasteiger partial charge in [0.05, 0.1) is 26.4 Å². The third-order valence-corrected chi connectivity index (χ3v) is 3.97. The van der Waals surface area contributed by atoms with Crippen LogP contribution < -0.4 is 14.8 Å². The predicted octanol–water partition coefficient (Wildman–Crippen LogP) is 4.31. The number of carbonyl (C=O) groups is 2. The van der Waals surface area contributed by atoms with Crippen LogP contribution in [0.5, 0.6) is 11.5 Å². The zero-order valence-electron chi connectivity index (χ0n) is 16.4. The van der Waals surface area contributed by atoms with Crippen LogP contribution >= 0.6 is 0 Å². The van der Waals surface area contributed by atoms with Crippen molar-refractivity contribution in [3.05, 3.63) is 59.7 Å². The van der Waals surface area contributed by atoms with Gasteiger partial charge in [-0.3, -0.25) is 4.79 Å². The van der Waals surface area contributed by atoms with Gasteiger partial charge in [0.2, 0.25) is 5.91 Å². The molecule has 0 spiro atoms. The van der Waals surface area contributed by atoms with E-state index in [1.54, 1.807) is 62.8 Å². The summed E-state index contributed by atoms with van der Waals surface area (Å²) in [5, 5.41) is 2.75. The molecule has 2 rings (SSSR count). The molecular weight excluding hydrogens is 358 g/mol. The fraction of sp³-hybridized carbons (Fsp3) is 0.273. The number of benzene rings is 2. The van der Waals surface area contributed by atoms with E-state index in [2.05, 4.69) is 5.32 Å². The molecule has 0 fully saturated rings. The molecule has 0 unspecified atom stereocenters. The second-order valence-electron chi connectivity index (χ2n) is 6.00. The summed E-state index contributed by atoms with van der Waals surface area (Å²) in [6.07, 6.45) is 4.86. The van der Waals surface area contributed by atoms with E-state index >= 15 is 0 Å². The lowest BCUT2D eigenvalue weighted by molar-refractivity contribution is -0.111. The highest BCUT2D eigenvalue weighted by Gasteiger charge is 2.07. The van der Waals surface area contributed by atoms with E-state index in [-0.39, 0.29) is 11.9 Å². The summed E-state index contributed by atoms with van der Waals surface area (Å²) in [5.74, 6) is 0.637. The highest BCUT2D eigenvalue weighted by molar-refractivity contribution is 6.02. The van der Waals surface area contributed by atoms with Crippen molar-refractivity contribution in [1.82, 2.24) is 0 Å². The molecular formula is C22H25NO5. The summed E-state index contributed by atoms with van der Waals surface area (Å²) in [6, 6.07) is 11.9. The molecule has 0 saturated heterocycles. The number of carbonyl (C=O) groups excluding carboxylic acids is 2. The van der Waals surface area contributed by atoms with Gasteiger partial charge in [-0.1, -0.05) is 13.3 Å². The molecule has 6 nitrogen and oxygen atoms in total. The van der Waals surface area contributed by atoms with Gasteiger partial charge in [0, 0.05) is 17.3 Å². The van der Waals surface area contributed by atoms with Gasteiger partial charge in [0.15, 0.2) is 0 Å². The predicted molar refractivity (Wildman–Crippen MR) is 109 cm³/mol. The fourth-order valence-corrected chi connectivity index (χ4v) is 2.40. The summed E-state index contributed by atoms with van der Waals surface area (Å²) in [7, 11) is 3.14. The largest absolute Gasteiger partial charge is 0.497 e. The molecule has 0 bridgehead atoms. The maximum absolute atomic E-state index is 12.2. The molecule has 0 aliphatic carbocycles. The van der Waals surface area contributed by atoms with Gasteiger partial charge in [0.1, 0.15) is 11.5 Å². The Balaban J connectivity index is 1.98. The number of hydrogen-bond donors (Lipinski definition) is 1. The van der Waals surface area contributed by atoms with Crippen molar-refractivity contribution in [3.63, 3.8) is 0 Å². The summed E-state index contributed by atoms with van der Waals surface area (Å²) in [6.45, 7) is 2.44. The minimum absolute atomic E-state index is 0.303.